The summed E-state index contributed by atoms with van der Waals surface area (Å²) >= 11 is 0. The van der Waals surface area contributed by atoms with Gasteiger partial charge in [0.05, 0.1) is 32.4 Å². The van der Waals surface area contributed by atoms with Crippen molar-refractivity contribution in [3.8, 4) is 0 Å². The van der Waals surface area contributed by atoms with Crippen molar-refractivity contribution in [3.63, 3.8) is 0 Å². The third-order valence-corrected chi connectivity index (χ3v) is 2.43. The average Bonchev–Trinajstić information content (AvgIpc) is 2.84. The fourth-order valence-corrected chi connectivity index (χ4v) is 1.48. The zero-order valence-corrected chi connectivity index (χ0v) is 13.4. The number of carbonyl (C=O) groups is 2. The van der Waals surface area contributed by atoms with E-state index in [1.807, 2.05) is 0 Å². The topological polar surface area (TPSA) is 103 Å². The number of amides is 1. The second kappa shape index (κ2) is 8.50. The maximum absolute atomic E-state index is 12.0. The molecule has 1 aromatic rings. The first-order valence-corrected chi connectivity index (χ1v) is 6.96. The highest BCUT2D eigenvalue weighted by Gasteiger charge is 2.22. The lowest BCUT2D eigenvalue weighted by molar-refractivity contribution is -0.117. The molecule has 0 saturated carbocycles. The van der Waals surface area contributed by atoms with Gasteiger partial charge in [0.1, 0.15) is 17.0 Å². The molecule has 2 N–H and O–H groups in total. The number of methoxy groups -OCH3 is 1. The second-order valence-corrected chi connectivity index (χ2v) is 5.56. The standard InChI is InChI=1S/C14H23N3O5/c1-14(2,3)22-13(19)10-9-15-17-12(10)16-11(18)5-6-21-8-7-20-4/h9H,5-8H2,1-4H3,(H2,15,16,17,18). The fraction of sp³-hybridized carbons (Fsp3) is 0.643. The van der Waals surface area contributed by atoms with E-state index in [2.05, 4.69) is 15.5 Å². The first kappa shape index (κ1) is 18.1. The SMILES string of the molecule is COCCOCCC(=O)Nc1[nH]ncc1C(=O)OC(C)(C)C. The highest BCUT2D eigenvalue weighted by atomic mass is 16.6. The van der Waals surface area contributed by atoms with Gasteiger partial charge in [0, 0.05) is 7.11 Å². The number of aromatic nitrogens is 2. The Kier molecular flexibility index (Phi) is 7.00. The number of anilines is 1. The maximum Gasteiger partial charge on any atom is 0.344 e. The van der Waals surface area contributed by atoms with Gasteiger partial charge < -0.3 is 19.5 Å². The van der Waals surface area contributed by atoms with Gasteiger partial charge >= 0.3 is 5.97 Å². The van der Waals surface area contributed by atoms with Crippen molar-refractivity contribution in [2.24, 2.45) is 0 Å². The van der Waals surface area contributed by atoms with Crippen molar-refractivity contribution in [2.45, 2.75) is 32.8 Å². The molecule has 0 aliphatic carbocycles. The van der Waals surface area contributed by atoms with Gasteiger partial charge in [-0.2, -0.15) is 5.10 Å². The molecular weight excluding hydrogens is 290 g/mol. The Morgan fingerprint density at radius 1 is 1.27 bits per heavy atom. The van der Waals surface area contributed by atoms with E-state index in [1.54, 1.807) is 27.9 Å². The van der Waals surface area contributed by atoms with Crippen LogP contribution in [0.15, 0.2) is 6.20 Å². The summed E-state index contributed by atoms with van der Waals surface area (Å²) in [5.74, 6) is -0.615. The third-order valence-electron chi connectivity index (χ3n) is 2.43. The normalized spacial score (nSPS) is 11.3. The highest BCUT2D eigenvalue weighted by molar-refractivity contribution is 6.00. The first-order valence-electron chi connectivity index (χ1n) is 6.96. The van der Waals surface area contributed by atoms with Crippen LogP contribution in [0.2, 0.25) is 0 Å². The molecule has 0 bridgehead atoms. The molecule has 0 aliphatic heterocycles. The number of nitrogens with one attached hydrogen (secondary N) is 2. The molecule has 8 nitrogen and oxygen atoms in total. The molecule has 1 aromatic heterocycles. The van der Waals surface area contributed by atoms with E-state index in [0.717, 1.165) is 0 Å². The first-order chi connectivity index (χ1) is 10.3. The molecule has 124 valence electrons. The second-order valence-electron chi connectivity index (χ2n) is 5.56. The van der Waals surface area contributed by atoms with E-state index in [1.165, 1.54) is 6.20 Å². The lowest BCUT2D eigenvalue weighted by atomic mass is 10.2. The number of hydrogen-bond acceptors (Lipinski definition) is 6. The molecule has 1 amide bonds. The summed E-state index contributed by atoms with van der Waals surface area (Å²) in [7, 11) is 1.58. The van der Waals surface area contributed by atoms with Crippen LogP contribution in [0, 0.1) is 0 Å². The van der Waals surface area contributed by atoms with Crippen LogP contribution in [0.25, 0.3) is 0 Å². The minimum atomic E-state index is -0.620. The Morgan fingerprint density at radius 3 is 2.64 bits per heavy atom. The smallest absolute Gasteiger partial charge is 0.344 e. The Labute approximate surface area is 129 Å². The minimum absolute atomic E-state index is 0.163. The van der Waals surface area contributed by atoms with E-state index in [-0.39, 0.29) is 30.3 Å². The Balaban J connectivity index is 2.48. The van der Waals surface area contributed by atoms with Gasteiger partial charge in [-0.1, -0.05) is 0 Å². The van der Waals surface area contributed by atoms with Crippen molar-refractivity contribution in [1.29, 1.82) is 0 Å². The van der Waals surface area contributed by atoms with Gasteiger partial charge in [-0.05, 0) is 20.8 Å². The number of hydrogen-bond donors (Lipinski definition) is 2. The Hall–Kier alpha value is -1.93. The van der Waals surface area contributed by atoms with E-state index >= 15 is 0 Å². The predicted molar refractivity (Wildman–Crippen MR) is 79.7 cm³/mol. The van der Waals surface area contributed by atoms with Crippen LogP contribution in [0.5, 0.6) is 0 Å². The summed E-state index contributed by atoms with van der Waals surface area (Å²) in [5, 5.41) is 8.91. The summed E-state index contributed by atoms with van der Waals surface area (Å²) in [4.78, 5) is 23.8. The van der Waals surface area contributed by atoms with Crippen LogP contribution in [0.4, 0.5) is 5.82 Å². The monoisotopic (exact) mass is 313 g/mol. The summed E-state index contributed by atoms with van der Waals surface area (Å²) in [5.41, 5.74) is -0.436. The minimum Gasteiger partial charge on any atom is -0.456 e. The third kappa shape index (κ3) is 6.68. The lowest BCUT2D eigenvalue weighted by Gasteiger charge is -2.19. The van der Waals surface area contributed by atoms with Crippen molar-refractivity contribution >= 4 is 17.7 Å². The maximum atomic E-state index is 12.0. The summed E-state index contributed by atoms with van der Waals surface area (Å²) in [6.07, 6.45) is 1.48. The van der Waals surface area contributed by atoms with Crippen LogP contribution in [-0.2, 0) is 19.0 Å². The number of aromatic amines is 1. The van der Waals surface area contributed by atoms with Gasteiger partial charge in [-0.15, -0.1) is 0 Å². The number of nitrogens with zero attached hydrogens (tertiary/aromatic N) is 1. The van der Waals surface area contributed by atoms with Crippen molar-refractivity contribution in [2.75, 3.05) is 32.2 Å². The molecule has 0 atom stereocenters. The summed E-state index contributed by atoms with van der Waals surface area (Å²) in [6, 6.07) is 0. The number of carbonyl (C=O) groups excluding carboxylic acids is 2. The summed E-state index contributed by atoms with van der Waals surface area (Å²) in [6.45, 7) is 6.47. The average molecular weight is 313 g/mol. The zero-order chi connectivity index (χ0) is 16.6. The molecule has 0 aromatic carbocycles. The number of esters is 1. The van der Waals surface area contributed by atoms with Crippen LogP contribution in [-0.4, -0.2) is 54.6 Å². The van der Waals surface area contributed by atoms with Crippen LogP contribution in [0.1, 0.15) is 37.6 Å². The van der Waals surface area contributed by atoms with E-state index < -0.39 is 11.6 Å². The van der Waals surface area contributed by atoms with Crippen molar-refractivity contribution < 1.29 is 23.8 Å². The molecule has 1 heterocycles. The largest absolute Gasteiger partial charge is 0.456 e. The van der Waals surface area contributed by atoms with E-state index in [9.17, 15) is 9.59 Å². The molecule has 1 rings (SSSR count). The molecular formula is C14H23N3O5. The Morgan fingerprint density at radius 2 is 2.00 bits per heavy atom. The predicted octanol–water partition coefficient (Wildman–Crippen LogP) is 1.36. The molecule has 22 heavy (non-hydrogen) atoms. The molecule has 0 fully saturated rings. The van der Waals surface area contributed by atoms with Crippen LogP contribution in [0.3, 0.4) is 0 Å². The van der Waals surface area contributed by atoms with Gasteiger partial charge in [0.25, 0.3) is 0 Å². The van der Waals surface area contributed by atoms with Crippen molar-refractivity contribution in [1.82, 2.24) is 10.2 Å². The van der Waals surface area contributed by atoms with Gasteiger partial charge in [0.15, 0.2) is 0 Å². The Bertz CT molecular complexity index is 493. The lowest BCUT2D eigenvalue weighted by Crippen LogP contribution is -2.24. The van der Waals surface area contributed by atoms with Crippen molar-refractivity contribution in [3.05, 3.63) is 11.8 Å². The summed E-state index contributed by atoms with van der Waals surface area (Å²) < 4.78 is 15.3. The fourth-order valence-electron chi connectivity index (χ4n) is 1.48. The number of rotatable bonds is 8. The number of H-pyrrole nitrogens is 1. The van der Waals surface area contributed by atoms with E-state index in [0.29, 0.717) is 13.2 Å². The molecule has 0 spiro atoms. The van der Waals surface area contributed by atoms with Gasteiger partial charge in [0.2, 0.25) is 5.91 Å². The molecule has 0 saturated heterocycles. The molecule has 0 unspecified atom stereocenters. The molecule has 8 heteroatoms. The van der Waals surface area contributed by atoms with E-state index in [4.69, 9.17) is 14.2 Å². The molecule has 0 aliphatic rings. The molecule has 0 radical (unpaired) electrons. The van der Waals surface area contributed by atoms with Crippen LogP contribution >= 0.6 is 0 Å². The quantitative estimate of drug-likeness (QED) is 0.555. The van der Waals surface area contributed by atoms with Gasteiger partial charge in [-0.3, -0.25) is 9.89 Å². The highest BCUT2D eigenvalue weighted by Crippen LogP contribution is 2.17. The number of ether oxygens (including phenoxy) is 3. The van der Waals surface area contributed by atoms with Gasteiger partial charge in [-0.25, -0.2) is 4.79 Å². The van der Waals surface area contributed by atoms with Crippen LogP contribution < -0.4 is 5.32 Å². The zero-order valence-electron chi connectivity index (χ0n) is 13.4.